The van der Waals surface area contributed by atoms with Crippen LogP contribution in [-0.4, -0.2) is 34.0 Å². The summed E-state index contributed by atoms with van der Waals surface area (Å²) in [5.41, 5.74) is 0.735. The highest BCUT2D eigenvalue weighted by molar-refractivity contribution is 5.80. The van der Waals surface area contributed by atoms with E-state index in [2.05, 4.69) is 10.3 Å². The second-order valence-corrected chi connectivity index (χ2v) is 3.40. The summed E-state index contributed by atoms with van der Waals surface area (Å²) in [5.74, 6) is 0.190. The van der Waals surface area contributed by atoms with Crippen molar-refractivity contribution in [1.29, 1.82) is 0 Å². The van der Waals surface area contributed by atoms with Gasteiger partial charge in [0.05, 0.1) is 12.1 Å². The Hall–Kier alpha value is -1.23. The number of aromatic nitrogens is 3. The summed E-state index contributed by atoms with van der Waals surface area (Å²) in [6.45, 7) is 3.31. The molecule has 0 radical (unpaired) electrons. The molecule has 84 valence electrons. The first-order valence-electron chi connectivity index (χ1n) is 5.17. The molecule has 0 bridgehead atoms. The number of ketones is 1. The molecule has 1 heterocycles. The van der Waals surface area contributed by atoms with Crippen LogP contribution in [0.15, 0.2) is 6.20 Å². The molecule has 0 saturated carbocycles. The average Bonchev–Trinajstić information content (AvgIpc) is 2.59. The second-order valence-electron chi connectivity index (χ2n) is 3.40. The number of ether oxygens (including phenoxy) is 1. The van der Waals surface area contributed by atoms with Gasteiger partial charge in [0.2, 0.25) is 0 Å². The minimum Gasteiger partial charge on any atom is -0.382 e. The number of aryl methyl sites for hydroxylation is 1. The normalized spacial score (nSPS) is 10.5. The van der Waals surface area contributed by atoms with Crippen molar-refractivity contribution in [3.05, 3.63) is 11.9 Å². The monoisotopic (exact) mass is 211 g/mol. The summed E-state index contributed by atoms with van der Waals surface area (Å²) in [4.78, 5) is 11.5. The Morgan fingerprint density at radius 1 is 1.60 bits per heavy atom. The lowest BCUT2D eigenvalue weighted by molar-refractivity contribution is -0.118. The third-order valence-electron chi connectivity index (χ3n) is 1.98. The van der Waals surface area contributed by atoms with Gasteiger partial charge in [0.15, 0.2) is 0 Å². The fourth-order valence-corrected chi connectivity index (χ4v) is 1.28. The maximum Gasteiger partial charge on any atom is 0.139 e. The molecule has 0 aromatic carbocycles. The van der Waals surface area contributed by atoms with E-state index in [0.29, 0.717) is 26.1 Å². The first-order chi connectivity index (χ1) is 7.22. The van der Waals surface area contributed by atoms with Crippen molar-refractivity contribution in [2.75, 3.05) is 13.2 Å². The van der Waals surface area contributed by atoms with Gasteiger partial charge < -0.3 is 4.74 Å². The number of Topliss-reactive ketones (excluding diaryl/α,β-unsaturated/α-hetero) is 1. The Labute approximate surface area is 89.4 Å². The minimum atomic E-state index is 0.190. The quantitative estimate of drug-likeness (QED) is 0.624. The average molecular weight is 211 g/mol. The predicted octanol–water partition coefficient (Wildman–Crippen LogP) is 0.743. The van der Waals surface area contributed by atoms with Crippen molar-refractivity contribution in [3.8, 4) is 0 Å². The summed E-state index contributed by atoms with van der Waals surface area (Å²) in [6.07, 6.45) is 3.48. The zero-order valence-corrected chi connectivity index (χ0v) is 9.27. The molecule has 0 aliphatic heterocycles. The highest BCUT2D eigenvalue weighted by Crippen LogP contribution is 1.99. The number of hydrogen-bond acceptors (Lipinski definition) is 4. The molecule has 0 saturated heterocycles. The van der Waals surface area contributed by atoms with Crippen LogP contribution in [0.3, 0.4) is 0 Å². The predicted molar refractivity (Wildman–Crippen MR) is 55.4 cm³/mol. The minimum absolute atomic E-state index is 0.190. The summed E-state index contributed by atoms with van der Waals surface area (Å²) in [7, 11) is 1.79. The molecule has 0 spiro atoms. The molecule has 0 aliphatic rings. The SMILES string of the molecule is CCOCCCC(=O)Cc1cn(C)nn1. The molecule has 15 heavy (non-hydrogen) atoms. The van der Waals surface area contributed by atoms with Crippen molar-refractivity contribution in [3.63, 3.8) is 0 Å². The van der Waals surface area contributed by atoms with E-state index in [0.717, 1.165) is 12.1 Å². The molecule has 5 heteroatoms. The summed E-state index contributed by atoms with van der Waals surface area (Å²) >= 11 is 0. The van der Waals surface area contributed by atoms with E-state index in [1.54, 1.807) is 17.9 Å². The molecule has 0 N–H and O–H groups in total. The molecule has 0 unspecified atom stereocenters. The molecular weight excluding hydrogens is 194 g/mol. The van der Waals surface area contributed by atoms with Crippen LogP contribution in [0.2, 0.25) is 0 Å². The fourth-order valence-electron chi connectivity index (χ4n) is 1.28. The Morgan fingerprint density at radius 2 is 2.40 bits per heavy atom. The van der Waals surface area contributed by atoms with E-state index in [9.17, 15) is 4.79 Å². The first kappa shape index (κ1) is 11.8. The fraction of sp³-hybridized carbons (Fsp3) is 0.700. The van der Waals surface area contributed by atoms with Crippen LogP contribution in [-0.2, 0) is 23.0 Å². The standard InChI is InChI=1S/C10H17N3O2/c1-3-15-6-4-5-10(14)7-9-8-13(2)12-11-9/h8H,3-7H2,1-2H3. The van der Waals surface area contributed by atoms with Crippen LogP contribution in [0, 0.1) is 0 Å². The summed E-state index contributed by atoms with van der Waals surface area (Å²) in [6, 6.07) is 0. The third-order valence-corrected chi connectivity index (χ3v) is 1.98. The highest BCUT2D eigenvalue weighted by atomic mass is 16.5. The zero-order valence-electron chi connectivity index (χ0n) is 9.27. The molecule has 0 amide bonds. The van der Waals surface area contributed by atoms with Crippen LogP contribution < -0.4 is 0 Å². The zero-order chi connectivity index (χ0) is 11.1. The van der Waals surface area contributed by atoms with E-state index >= 15 is 0 Å². The Kier molecular flexibility index (Phi) is 4.97. The lowest BCUT2D eigenvalue weighted by Crippen LogP contribution is -2.05. The Morgan fingerprint density at radius 3 is 3.00 bits per heavy atom. The lowest BCUT2D eigenvalue weighted by atomic mass is 10.1. The van der Waals surface area contributed by atoms with Gasteiger partial charge in [-0.1, -0.05) is 5.21 Å². The van der Waals surface area contributed by atoms with Crippen molar-refractivity contribution in [2.24, 2.45) is 7.05 Å². The van der Waals surface area contributed by atoms with Gasteiger partial charge in [0.1, 0.15) is 5.78 Å². The van der Waals surface area contributed by atoms with Crippen molar-refractivity contribution >= 4 is 5.78 Å². The molecule has 0 fully saturated rings. The third kappa shape index (κ3) is 4.69. The molecule has 5 nitrogen and oxygen atoms in total. The van der Waals surface area contributed by atoms with E-state index in [-0.39, 0.29) is 5.78 Å². The van der Waals surface area contributed by atoms with Gasteiger partial charge in [0.25, 0.3) is 0 Å². The summed E-state index contributed by atoms with van der Waals surface area (Å²) in [5, 5.41) is 7.63. The van der Waals surface area contributed by atoms with Gasteiger partial charge in [-0.2, -0.15) is 0 Å². The Balaban J connectivity index is 2.18. The van der Waals surface area contributed by atoms with Gasteiger partial charge in [-0.15, -0.1) is 5.10 Å². The maximum atomic E-state index is 11.5. The van der Waals surface area contributed by atoms with Crippen molar-refractivity contribution in [2.45, 2.75) is 26.2 Å². The number of carbonyl (C=O) groups is 1. The first-order valence-corrected chi connectivity index (χ1v) is 5.17. The highest BCUT2D eigenvalue weighted by Gasteiger charge is 2.06. The topological polar surface area (TPSA) is 57.0 Å². The van der Waals surface area contributed by atoms with Gasteiger partial charge in [-0.3, -0.25) is 9.48 Å². The van der Waals surface area contributed by atoms with E-state index < -0.39 is 0 Å². The van der Waals surface area contributed by atoms with E-state index in [4.69, 9.17) is 4.74 Å². The van der Waals surface area contributed by atoms with Crippen LogP contribution >= 0.6 is 0 Å². The Bertz CT molecular complexity index is 309. The van der Waals surface area contributed by atoms with Crippen LogP contribution in [0.5, 0.6) is 0 Å². The van der Waals surface area contributed by atoms with Crippen LogP contribution in [0.1, 0.15) is 25.5 Å². The maximum absolute atomic E-state index is 11.5. The van der Waals surface area contributed by atoms with Gasteiger partial charge in [-0.05, 0) is 13.3 Å². The number of nitrogens with zero attached hydrogens (tertiary/aromatic N) is 3. The van der Waals surface area contributed by atoms with Crippen molar-refractivity contribution in [1.82, 2.24) is 15.0 Å². The number of carbonyl (C=O) groups excluding carboxylic acids is 1. The van der Waals surface area contributed by atoms with Crippen LogP contribution in [0.4, 0.5) is 0 Å². The lowest BCUT2D eigenvalue weighted by Gasteiger charge is -1.99. The van der Waals surface area contributed by atoms with Crippen LogP contribution in [0.25, 0.3) is 0 Å². The van der Waals surface area contributed by atoms with E-state index in [1.807, 2.05) is 6.92 Å². The molecule has 1 aromatic heterocycles. The van der Waals surface area contributed by atoms with Crippen molar-refractivity contribution < 1.29 is 9.53 Å². The smallest absolute Gasteiger partial charge is 0.139 e. The van der Waals surface area contributed by atoms with Gasteiger partial charge >= 0.3 is 0 Å². The molecule has 1 rings (SSSR count). The van der Waals surface area contributed by atoms with Gasteiger partial charge in [-0.25, -0.2) is 0 Å². The number of rotatable bonds is 7. The molecule has 0 aliphatic carbocycles. The molecule has 1 aromatic rings. The largest absolute Gasteiger partial charge is 0.382 e. The van der Waals surface area contributed by atoms with E-state index in [1.165, 1.54) is 0 Å². The molecular formula is C10H17N3O2. The van der Waals surface area contributed by atoms with Gasteiger partial charge in [0, 0.05) is 32.9 Å². The second kappa shape index (κ2) is 6.29. The molecule has 0 atom stereocenters. The summed E-state index contributed by atoms with van der Waals surface area (Å²) < 4.78 is 6.75. The number of hydrogen-bond donors (Lipinski definition) is 0.